The molecule has 8 nitrogen and oxygen atoms in total. The highest BCUT2D eigenvalue weighted by Crippen LogP contribution is 2.20. The molecule has 1 aromatic carbocycles. The molecular formula is C21H21N5O3. The second kappa shape index (κ2) is 9.41. The fourth-order valence-corrected chi connectivity index (χ4v) is 2.66. The Morgan fingerprint density at radius 1 is 1.07 bits per heavy atom. The van der Waals surface area contributed by atoms with Crippen molar-refractivity contribution in [3.63, 3.8) is 0 Å². The number of ether oxygens (including phenoxy) is 1. The van der Waals surface area contributed by atoms with E-state index in [-0.39, 0.29) is 11.6 Å². The first-order chi connectivity index (χ1) is 14.1. The Kier molecular flexibility index (Phi) is 6.47. The van der Waals surface area contributed by atoms with E-state index in [9.17, 15) is 9.59 Å². The minimum atomic E-state index is -0.455. The monoisotopic (exact) mass is 391 g/mol. The summed E-state index contributed by atoms with van der Waals surface area (Å²) in [6, 6.07) is 10.8. The topological polar surface area (TPSA) is 97.3 Å². The summed E-state index contributed by atoms with van der Waals surface area (Å²) in [6.45, 7) is 0.553. The van der Waals surface area contributed by atoms with E-state index in [1.807, 2.05) is 12.1 Å². The van der Waals surface area contributed by atoms with E-state index in [2.05, 4.69) is 20.3 Å². The van der Waals surface area contributed by atoms with Crippen LogP contribution in [0.3, 0.4) is 0 Å². The van der Waals surface area contributed by atoms with E-state index in [4.69, 9.17) is 4.74 Å². The molecule has 0 fully saturated rings. The van der Waals surface area contributed by atoms with Crippen LogP contribution < -0.4 is 5.32 Å². The number of esters is 1. The van der Waals surface area contributed by atoms with Crippen molar-refractivity contribution < 1.29 is 14.3 Å². The Labute approximate surface area is 168 Å². The minimum Gasteiger partial charge on any atom is -0.465 e. The van der Waals surface area contributed by atoms with Crippen molar-refractivity contribution in [2.24, 2.45) is 0 Å². The van der Waals surface area contributed by atoms with Gasteiger partial charge in [-0.05, 0) is 36.2 Å². The molecule has 2 heterocycles. The zero-order valence-electron chi connectivity index (χ0n) is 16.2. The molecule has 1 amide bonds. The molecule has 0 aliphatic heterocycles. The van der Waals surface area contributed by atoms with Crippen LogP contribution in [0.1, 0.15) is 26.4 Å². The molecule has 3 aromatic rings. The number of hydrogen-bond donors (Lipinski definition) is 1. The molecule has 148 valence electrons. The lowest BCUT2D eigenvalue weighted by atomic mass is 10.2. The molecule has 0 saturated carbocycles. The predicted octanol–water partition coefficient (Wildman–Crippen LogP) is 2.72. The van der Waals surface area contributed by atoms with Gasteiger partial charge in [-0.25, -0.2) is 14.8 Å². The van der Waals surface area contributed by atoms with Gasteiger partial charge >= 0.3 is 5.97 Å². The molecular weight excluding hydrogens is 370 g/mol. The lowest BCUT2D eigenvalue weighted by Crippen LogP contribution is -2.29. The van der Waals surface area contributed by atoms with E-state index in [0.29, 0.717) is 23.6 Å². The van der Waals surface area contributed by atoms with Crippen molar-refractivity contribution in [3.8, 4) is 0 Å². The Hall–Kier alpha value is -3.81. The van der Waals surface area contributed by atoms with Gasteiger partial charge in [-0.2, -0.15) is 0 Å². The van der Waals surface area contributed by atoms with Gasteiger partial charge in [-0.3, -0.25) is 9.78 Å². The maximum Gasteiger partial charge on any atom is 0.339 e. The van der Waals surface area contributed by atoms with Crippen molar-refractivity contribution >= 4 is 23.4 Å². The number of anilines is 2. The third-order valence-corrected chi connectivity index (χ3v) is 4.30. The molecule has 1 N–H and O–H groups in total. The maximum absolute atomic E-state index is 12.5. The van der Waals surface area contributed by atoms with Gasteiger partial charge in [0, 0.05) is 26.0 Å². The maximum atomic E-state index is 12.5. The van der Waals surface area contributed by atoms with E-state index >= 15 is 0 Å². The van der Waals surface area contributed by atoms with E-state index in [1.165, 1.54) is 19.5 Å². The van der Waals surface area contributed by atoms with E-state index in [1.54, 1.807) is 48.6 Å². The van der Waals surface area contributed by atoms with Gasteiger partial charge in [-0.15, -0.1) is 0 Å². The van der Waals surface area contributed by atoms with Gasteiger partial charge in [0.25, 0.3) is 5.91 Å². The highest BCUT2D eigenvalue weighted by Gasteiger charge is 2.15. The van der Waals surface area contributed by atoms with Crippen LogP contribution in [0.2, 0.25) is 0 Å². The molecule has 3 rings (SSSR count). The van der Waals surface area contributed by atoms with Crippen molar-refractivity contribution in [2.45, 2.75) is 6.42 Å². The second-order valence-electron chi connectivity index (χ2n) is 6.28. The second-order valence-corrected chi connectivity index (χ2v) is 6.28. The third-order valence-electron chi connectivity index (χ3n) is 4.30. The van der Waals surface area contributed by atoms with Crippen LogP contribution in [0.5, 0.6) is 0 Å². The molecule has 8 heteroatoms. The van der Waals surface area contributed by atoms with E-state index in [0.717, 1.165) is 12.0 Å². The normalized spacial score (nSPS) is 10.3. The first-order valence-electron chi connectivity index (χ1n) is 8.99. The summed E-state index contributed by atoms with van der Waals surface area (Å²) in [7, 11) is 3.05. The number of para-hydroxylation sites is 1. The summed E-state index contributed by atoms with van der Waals surface area (Å²) in [4.78, 5) is 38.4. The number of carbonyl (C=O) groups excluding carboxylic acids is 2. The number of aromatic nitrogens is 3. The standard InChI is InChI=1S/C21H21N5O3/c1-26(12-9-15-7-10-22-11-8-15)20(27)18-13-24-19(14-23-18)25-17-6-4-3-5-16(17)21(28)29-2/h3-8,10-11,13-14H,9,12H2,1-2H3,(H,24,25). The number of amides is 1. The van der Waals surface area contributed by atoms with Gasteiger partial charge in [0.2, 0.25) is 0 Å². The number of hydrogen-bond acceptors (Lipinski definition) is 7. The smallest absolute Gasteiger partial charge is 0.339 e. The Morgan fingerprint density at radius 3 is 2.52 bits per heavy atom. The average molecular weight is 391 g/mol. The summed E-state index contributed by atoms with van der Waals surface area (Å²) < 4.78 is 4.78. The van der Waals surface area contributed by atoms with Crippen molar-refractivity contribution in [1.29, 1.82) is 0 Å². The summed E-state index contributed by atoms with van der Waals surface area (Å²) in [5.41, 5.74) is 2.28. The van der Waals surface area contributed by atoms with Gasteiger partial charge in [0.05, 0.1) is 30.8 Å². The molecule has 2 aromatic heterocycles. The molecule has 0 aliphatic carbocycles. The molecule has 0 spiro atoms. The minimum absolute atomic E-state index is 0.215. The number of carbonyl (C=O) groups is 2. The molecule has 0 atom stereocenters. The zero-order chi connectivity index (χ0) is 20.6. The number of nitrogens with zero attached hydrogens (tertiary/aromatic N) is 4. The summed E-state index contributed by atoms with van der Waals surface area (Å²) in [5, 5.41) is 3.02. The molecule has 0 saturated heterocycles. The van der Waals surface area contributed by atoms with Crippen LogP contribution in [0.4, 0.5) is 11.5 Å². The number of methoxy groups -OCH3 is 1. The van der Waals surface area contributed by atoms with E-state index < -0.39 is 5.97 Å². The lowest BCUT2D eigenvalue weighted by Gasteiger charge is -2.16. The largest absolute Gasteiger partial charge is 0.465 e. The first-order valence-corrected chi connectivity index (χ1v) is 8.99. The van der Waals surface area contributed by atoms with Gasteiger partial charge < -0.3 is 15.0 Å². The summed E-state index contributed by atoms with van der Waals surface area (Å²) in [6.07, 6.45) is 7.05. The van der Waals surface area contributed by atoms with Crippen LogP contribution in [0.25, 0.3) is 0 Å². The average Bonchev–Trinajstić information content (AvgIpc) is 2.78. The predicted molar refractivity (Wildman–Crippen MR) is 108 cm³/mol. The third kappa shape index (κ3) is 5.13. The van der Waals surface area contributed by atoms with Gasteiger partial charge in [0.1, 0.15) is 11.5 Å². The van der Waals surface area contributed by atoms with Crippen LogP contribution in [0, 0.1) is 0 Å². The molecule has 0 bridgehead atoms. The molecule has 0 unspecified atom stereocenters. The Morgan fingerprint density at radius 2 is 1.83 bits per heavy atom. The number of rotatable bonds is 7. The number of nitrogens with one attached hydrogen (secondary N) is 1. The Balaban J connectivity index is 1.64. The number of pyridine rings is 1. The van der Waals surface area contributed by atoms with Crippen LogP contribution in [-0.2, 0) is 11.2 Å². The van der Waals surface area contributed by atoms with Crippen LogP contribution in [-0.4, -0.2) is 52.4 Å². The zero-order valence-corrected chi connectivity index (χ0v) is 16.2. The SMILES string of the molecule is COC(=O)c1ccccc1Nc1cnc(C(=O)N(C)CCc2ccncc2)cn1. The van der Waals surface area contributed by atoms with Crippen molar-refractivity contribution in [3.05, 3.63) is 78.0 Å². The quantitative estimate of drug-likeness (QED) is 0.619. The fraction of sp³-hybridized carbons (Fsp3) is 0.190. The Bertz CT molecular complexity index is 977. The first kappa shape index (κ1) is 19.9. The van der Waals surface area contributed by atoms with Gasteiger partial charge in [0.15, 0.2) is 0 Å². The lowest BCUT2D eigenvalue weighted by molar-refractivity contribution is 0.0601. The number of benzene rings is 1. The molecule has 0 aliphatic rings. The molecule has 29 heavy (non-hydrogen) atoms. The number of likely N-dealkylation sites (N-methyl/N-ethyl adjacent to an activating group) is 1. The summed E-state index contributed by atoms with van der Waals surface area (Å²) in [5.74, 6) is -0.255. The fourth-order valence-electron chi connectivity index (χ4n) is 2.66. The van der Waals surface area contributed by atoms with Crippen molar-refractivity contribution in [1.82, 2.24) is 19.9 Å². The highest BCUT2D eigenvalue weighted by molar-refractivity contribution is 5.96. The van der Waals surface area contributed by atoms with Gasteiger partial charge in [-0.1, -0.05) is 12.1 Å². The van der Waals surface area contributed by atoms with Crippen LogP contribution >= 0.6 is 0 Å². The van der Waals surface area contributed by atoms with Crippen molar-refractivity contribution in [2.75, 3.05) is 26.0 Å². The summed E-state index contributed by atoms with van der Waals surface area (Å²) >= 11 is 0. The van der Waals surface area contributed by atoms with Crippen LogP contribution in [0.15, 0.2) is 61.2 Å². The highest BCUT2D eigenvalue weighted by atomic mass is 16.5. The molecule has 0 radical (unpaired) electrons.